The lowest BCUT2D eigenvalue weighted by molar-refractivity contribution is 0.212. The van der Waals surface area contributed by atoms with Gasteiger partial charge in [-0.3, -0.25) is 0 Å². The minimum Gasteiger partial charge on any atom is -0.490 e. The third kappa shape index (κ3) is 8.40. The van der Waals surface area contributed by atoms with Crippen molar-refractivity contribution in [3.63, 3.8) is 0 Å². The van der Waals surface area contributed by atoms with E-state index in [0.717, 1.165) is 34.9 Å². The first-order chi connectivity index (χ1) is 12.1. The molecule has 0 radical (unpaired) electrons. The van der Waals surface area contributed by atoms with Crippen molar-refractivity contribution in [3.05, 3.63) is 47.6 Å². The van der Waals surface area contributed by atoms with Crippen molar-refractivity contribution in [1.82, 2.24) is 5.32 Å². The van der Waals surface area contributed by atoms with Gasteiger partial charge in [-0.2, -0.15) is 0 Å². The van der Waals surface area contributed by atoms with Crippen LogP contribution in [0.15, 0.2) is 41.6 Å². The van der Waals surface area contributed by atoms with Crippen LogP contribution in [0.5, 0.6) is 11.5 Å². The molecule has 0 saturated carbocycles. The molecule has 1 N–H and O–H groups in total. The van der Waals surface area contributed by atoms with E-state index >= 15 is 0 Å². The van der Waals surface area contributed by atoms with E-state index in [9.17, 15) is 0 Å². The van der Waals surface area contributed by atoms with E-state index in [4.69, 9.17) is 14.3 Å². The Bertz CT molecular complexity index is 584. The maximum atomic E-state index is 5.89. The van der Waals surface area contributed by atoms with Crippen LogP contribution >= 0.6 is 0 Å². The maximum Gasteiger partial charge on any atom is 0.125 e. The van der Waals surface area contributed by atoms with Crippen molar-refractivity contribution in [2.24, 2.45) is 5.16 Å². The standard InChI is InChI=1S/C20H30N2O3/c1-6-7-11-24-19-13-16(2)20(17(3)14-19)25-12-9-8-10-21-15-18(4)22-23-5/h6-9,13-14,21H,10-12,15H2,1-5H3/b7-6+,9-8+,22-18+. The van der Waals surface area contributed by atoms with Crippen LogP contribution in [-0.2, 0) is 4.84 Å². The van der Waals surface area contributed by atoms with Crippen LogP contribution in [0.25, 0.3) is 0 Å². The molecule has 0 aliphatic heterocycles. The molecule has 0 saturated heterocycles. The lowest BCUT2D eigenvalue weighted by atomic mass is 10.1. The van der Waals surface area contributed by atoms with Gasteiger partial charge in [-0.15, -0.1) is 0 Å². The molecular formula is C20H30N2O3. The van der Waals surface area contributed by atoms with Crippen LogP contribution in [0.2, 0.25) is 0 Å². The van der Waals surface area contributed by atoms with Crippen LogP contribution < -0.4 is 14.8 Å². The predicted octanol–water partition coefficient (Wildman–Crippen LogP) is 3.81. The molecule has 0 aromatic heterocycles. The minimum absolute atomic E-state index is 0.535. The monoisotopic (exact) mass is 346 g/mol. The van der Waals surface area contributed by atoms with E-state index < -0.39 is 0 Å². The molecule has 0 aliphatic rings. The summed E-state index contributed by atoms with van der Waals surface area (Å²) in [4.78, 5) is 4.70. The molecule has 0 fully saturated rings. The minimum atomic E-state index is 0.535. The van der Waals surface area contributed by atoms with Crippen molar-refractivity contribution in [3.8, 4) is 11.5 Å². The molecule has 0 atom stereocenters. The van der Waals surface area contributed by atoms with Gasteiger partial charge in [-0.25, -0.2) is 0 Å². The summed E-state index contributed by atoms with van der Waals surface area (Å²) in [6.07, 6.45) is 8.01. The van der Waals surface area contributed by atoms with Gasteiger partial charge < -0.3 is 19.6 Å². The summed E-state index contributed by atoms with van der Waals surface area (Å²) in [5.41, 5.74) is 3.07. The number of hydrogen-bond donors (Lipinski definition) is 1. The normalized spacial score (nSPS) is 12.1. The van der Waals surface area contributed by atoms with E-state index in [1.807, 2.05) is 64.1 Å². The molecule has 0 bridgehead atoms. The SMILES string of the molecule is C/C=C/COc1cc(C)c(OC/C=C/CNC/C(C)=N/OC)c(C)c1. The molecule has 0 heterocycles. The number of benzene rings is 1. The molecule has 0 aliphatic carbocycles. The third-order valence-corrected chi connectivity index (χ3v) is 3.40. The summed E-state index contributed by atoms with van der Waals surface area (Å²) in [6.45, 7) is 10.5. The van der Waals surface area contributed by atoms with Crippen LogP contribution in [0, 0.1) is 13.8 Å². The highest BCUT2D eigenvalue weighted by Crippen LogP contribution is 2.28. The van der Waals surface area contributed by atoms with Gasteiger partial charge in [0.2, 0.25) is 0 Å². The molecule has 0 amide bonds. The van der Waals surface area contributed by atoms with Gasteiger partial charge in [0, 0.05) is 13.1 Å². The third-order valence-electron chi connectivity index (χ3n) is 3.40. The first-order valence-electron chi connectivity index (χ1n) is 8.48. The van der Waals surface area contributed by atoms with Gasteiger partial charge in [-0.05, 0) is 51.0 Å². The Kier molecular flexibility index (Phi) is 10.1. The first kappa shape index (κ1) is 20.8. The largest absolute Gasteiger partial charge is 0.490 e. The van der Waals surface area contributed by atoms with Crippen molar-refractivity contribution < 1.29 is 14.3 Å². The Morgan fingerprint density at radius 2 is 1.76 bits per heavy atom. The van der Waals surface area contributed by atoms with Crippen LogP contribution in [-0.4, -0.2) is 39.1 Å². The predicted molar refractivity (Wildman–Crippen MR) is 104 cm³/mol. The average Bonchev–Trinajstić information content (AvgIpc) is 2.56. The van der Waals surface area contributed by atoms with Crippen molar-refractivity contribution in [1.29, 1.82) is 0 Å². The molecule has 0 spiro atoms. The second kappa shape index (κ2) is 12.1. The summed E-state index contributed by atoms with van der Waals surface area (Å²) in [7, 11) is 1.55. The highest BCUT2D eigenvalue weighted by atomic mass is 16.6. The Morgan fingerprint density at radius 3 is 2.40 bits per heavy atom. The molecule has 138 valence electrons. The van der Waals surface area contributed by atoms with E-state index in [-0.39, 0.29) is 0 Å². The summed E-state index contributed by atoms with van der Waals surface area (Å²) >= 11 is 0. The molecule has 0 unspecified atom stereocenters. The zero-order valence-corrected chi connectivity index (χ0v) is 16.0. The zero-order chi connectivity index (χ0) is 18.5. The topological polar surface area (TPSA) is 52.1 Å². The molecule has 1 aromatic rings. The van der Waals surface area contributed by atoms with Crippen LogP contribution in [0.1, 0.15) is 25.0 Å². The van der Waals surface area contributed by atoms with Gasteiger partial charge >= 0.3 is 0 Å². The van der Waals surface area contributed by atoms with Gasteiger partial charge in [0.05, 0.1) is 5.71 Å². The molecule has 25 heavy (non-hydrogen) atoms. The zero-order valence-electron chi connectivity index (χ0n) is 16.0. The van der Waals surface area contributed by atoms with E-state index in [2.05, 4.69) is 10.5 Å². The fraction of sp³-hybridized carbons (Fsp3) is 0.450. The second-order valence-corrected chi connectivity index (χ2v) is 5.69. The van der Waals surface area contributed by atoms with Gasteiger partial charge in [0.25, 0.3) is 0 Å². The van der Waals surface area contributed by atoms with Crippen molar-refractivity contribution in [2.75, 3.05) is 33.4 Å². The molecule has 1 rings (SSSR count). The number of nitrogens with zero attached hydrogens (tertiary/aromatic N) is 1. The Hall–Kier alpha value is -2.27. The maximum absolute atomic E-state index is 5.89. The molecular weight excluding hydrogens is 316 g/mol. The highest BCUT2D eigenvalue weighted by Gasteiger charge is 2.06. The summed E-state index contributed by atoms with van der Waals surface area (Å²) in [6, 6.07) is 4.02. The number of allylic oxidation sites excluding steroid dienone is 1. The van der Waals surface area contributed by atoms with Crippen LogP contribution in [0.3, 0.4) is 0 Å². The fourth-order valence-corrected chi connectivity index (χ4v) is 2.27. The van der Waals surface area contributed by atoms with Crippen molar-refractivity contribution in [2.45, 2.75) is 27.7 Å². The second-order valence-electron chi connectivity index (χ2n) is 5.69. The lowest BCUT2D eigenvalue weighted by Crippen LogP contribution is -2.21. The number of aryl methyl sites for hydroxylation is 2. The number of rotatable bonds is 11. The van der Waals surface area contributed by atoms with Crippen LogP contribution in [0.4, 0.5) is 0 Å². The van der Waals surface area contributed by atoms with E-state index in [1.165, 1.54) is 0 Å². The summed E-state index contributed by atoms with van der Waals surface area (Å²) < 4.78 is 11.6. The van der Waals surface area contributed by atoms with Gasteiger partial charge in [0.1, 0.15) is 31.8 Å². The van der Waals surface area contributed by atoms with E-state index in [1.54, 1.807) is 7.11 Å². The average molecular weight is 346 g/mol. The summed E-state index contributed by atoms with van der Waals surface area (Å²) in [5.74, 6) is 1.78. The highest BCUT2D eigenvalue weighted by molar-refractivity contribution is 5.83. The quantitative estimate of drug-likeness (QED) is 0.286. The molecule has 5 nitrogen and oxygen atoms in total. The smallest absolute Gasteiger partial charge is 0.125 e. The number of hydrogen-bond acceptors (Lipinski definition) is 5. The number of ether oxygens (including phenoxy) is 2. The van der Waals surface area contributed by atoms with Crippen molar-refractivity contribution >= 4 is 5.71 Å². The summed E-state index contributed by atoms with van der Waals surface area (Å²) in [5, 5.41) is 7.09. The lowest BCUT2D eigenvalue weighted by Gasteiger charge is -2.13. The number of nitrogens with one attached hydrogen (secondary N) is 1. The Balaban J connectivity index is 2.41. The fourth-order valence-electron chi connectivity index (χ4n) is 2.27. The van der Waals surface area contributed by atoms with E-state index in [0.29, 0.717) is 19.8 Å². The molecule has 1 aromatic carbocycles. The first-order valence-corrected chi connectivity index (χ1v) is 8.48. The Labute approximate surface area is 151 Å². The van der Waals surface area contributed by atoms with Gasteiger partial charge in [-0.1, -0.05) is 29.5 Å². The molecule has 5 heteroatoms. The Morgan fingerprint density at radius 1 is 1.08 bits per heavy atom. The van der Waals surface area contributed by atoms with Gasteiger partial charge in [0.15, 0.2) is 0 Å². The number of oxime groups is 1.